The van der Waals surface area contributed by atoms with Crippen LogP contribution < -0.4 is 4.74 Å². The van der Waals surface area contributed by atoms with Crippen molar-refractivity contribution in [2.75, 3.05) is 6.61 Å². The van der Waals surface area contributed by atoms with E-state index in [4.69, 9.17) is 10.00 Å². The van der Waals surface area contributed by atoms with Crippen molar-refractivity contribution in [2.24, 2.45) is 0 Å². The summed E-state index contributed by atoms with van der Waals surface area (Å²) in [6.07, 6.45) is 0. The molecule has 0 heterocycles. The van der Waals surface area contributed by atoms with Crippen LogP contribution in [0.25, 0.3) is 5.57 Å². The molecule has 0 saturated carbocycles. The molecule has 0 aliphatic rings. The molecular formula is C11H10FNO. The molecule has 0 aliphatic carbocycles. The lowest BCUT2D eigenvalue weighted by Gasteiger charge is -2.05. The Hall–Kier alpha value is -1.82. The summed E-state index contributed by atoms with van der Waals surface area (Å²) < 4.78 is 18.3. The van der Waals surface area contributed by atoms with E-state index in [1.807, 2.05) is 6.07 Å². The summed E-state index contributed by atoms with van der Waals surface area (Å²) in [6.45, 7) is 5.68. The minimum atomic E-state index is -0.472. The number of nitrogens with zero attached hydrogens (tertiary/aromatic N) is 1. The summed E-state index contributed by atoms with van der Waals surface area (Å²) in [4.78, 5) is 0. The van der Waals surface area contributed by atoms with E-state index in [-0.39, 0.29) is 11.3 Å². The van der Waals surface area contributed by atoms with Gasteiger partial charge in [0, 0.05) is 0 Å². The Morgan fingerprint density at radius 2 is 2.36 bits per heavy atom. The molecule has 1 rings (SSSR count). The molecule has 1 aromatic carbocycles. The number of hydrogen-bond acceptors (Lipinski definition) is 2. The Balaban J connectivity index is 3.01. The SMILES string of the molecule is C=C(C#N)c1ccc(OCC)c(F)c1. The quantitative estimate of drug-likeness (QED) is 0.688. The lowest BCUT2D eigenvalue weighted by Crippen LogP contribution is -1.95. The highest BCUT2D eigenvalue weighted by atomic mass is 19.1. The first-order valence-electron chi connectivity index (χ1n) is 4.20. The number of allylic oxidation sites excluding steroid dienone is 1. The van der Waals surface area contributed by atoms with Crippen LogP contribution in [0, 0.1) is 17.1 Å². The maximum absolute atomic E-state index is 13.3. The van der Waals surface area contributed by atoms with Gasteiger partial charge in [0.15, 0.2) is 11.6 Å². The molecule has 0 amide bonds. The summed E-state index contributed by atoms with van der Waals surface area (Å²) in [6, 6.07) is 6.21. The monoisotopic (exact) mass is 191 g/mol. The zero-order chi connectivity index (χ0) is 10.6. The summed E-state index contributed by atoms with van der Waals surface area (Å²) in [7, 11) is 0. The topological polar surface area (TPSA) is 33.0 Å². The van der Waals surface area contributed by atoms with E-state index in [1.165, 1.54) is 12.1 Å². The molecule has 1 aromatic rings. The van der Waals surface area contributed by atoms with Crippen LogP contribution in [0.1, 0.15) is 12.5 Å². The molecule has 0 aliphatic heterocycles. The summed E-state index contributed by atoms with van der Waals surface area (Å²) in [5.74, 6) is -0.275. The van der Waals surface area contributed by atoms with Gasteiger partial charge in [-0.1, -0.05) is 6.58 Å². The molecule has 0 spiro atoms. The molecule has 0 saturated heterocycles. The third-order valence-electron chi connectivity index (χ3n) is 1.72. The van der Waals surface area contributed by atoms with Gasteiger partial charge in [0.2, 0.25) is 0 Å². The minimum absolute atomic E-state index is 0.196. The van der Waals surface area contributed by atoms with Gasteiger partial charge in [0.1, 0.15) is 0 Å². The predicted molar refractivity (Wildman–Crippen MR) is 52.2 cm³/mol. The predicted octanol–water partition coefficient (Wildman–Crippen LogP) is 2.76. The van der Waals surface area contributed by atoms with Crippen molar-refractivity contribution < 1.29 is 9.13 Å². The van der Waals surface area contributed by atoms with Crippen LogP contribution in [-0.4, -0.2) is 6.61 Å². The molecule has 14 heavy (non-hydrogen) atoms. The average Bonchev–Trinajstić information content (AvgIpc) is 2.20. The maximum atomic E-state index is 13.3. The fourth-order valence-corrected chi connectivity index (χ4v) is 1.03. The van der Waals surface area contributed by atoms with Gasteiger partial charge in [-0.25, -0.2) is 4.39 Å². The molecule has 0 N–H and O–H groups in total. The van der Waals surface area contributed by atoms with Gasteiger partial charge in [0.05, 0.1) is 18.2 Å². The van der Waals surface area contributed by atoms with E-state index in [2.05, 4.69) is 6.58 Å². The van der Waals surface area contributed by atoms with Gasteiger partial charge >= 0.3 is 0 Å². The van der Waals surface area contributed by atoms with E-state index in [9.17, 15) is 4.39 Å². The van der Waals surface area contributed by atoms with Gasteiger partial charge in [-0.3, -0.25) is 0 Å². The standard InChI is InChI=1S/C11H10FNO/c1-3-14-11-5-4-9(6-10(11)12)8(2)7-13/h4-6H,2-3H2,1H3. The van der Waals surface area contributed by atoms with Crippen LogP contribution >= 0.6 is 0 Å². The molecule has 0 unspecified atom stereocenters. The third-order valence-corrected chi connectivity index (χ3v) is 1.72. The van der Waals surface area contributed by atoms with Crippen molar-refractivity contribution in [2.45, 2.75) is 6.92 Å². The normalized spacial score (nSPS) is 9.21. The van der Waals surface area contributed by atoms with E-state index in [1.54, 1.807) is 13.0 Å². The van der Waals surface area contributed by atoms with Crippen LogP contribution in [-0.2, 0) is 0 Å². The lowest BCUT2D eigenvalue weighted by molar-refractivity contribution is 0.321. The first kappa shape index (κ1) is 10.3. The van der Waals surface area contributed by atoms with Gasteiger partial charge in [-0.2, -0.15) is 5.26 Å². The Bertz CT molecular complexity index is 393. The summed E-state index contributed by atoms with van der Waals surface area (Å²) in [5, 5.41) is 8.55. The Kier molecular flexibility index (Phi) is 3.24. The van der Waals surface area contributed by atoms with Crippen LogP contribution in [0.5, 0.6) is 5.75 Å². The highest BCUT2D eigenvalue weighted by molar-refractivity contribution is 5.74. The van der Waals surface area contributed by atoms with E-state index in [0.29, 0.717) is 12.2 Å². The van der Waals surface area contributed by atoms with Gasteiger partial charge in [-0.15, -0.1) is 0 Å². The summed E-state index contributed by atoms with van der Waals surface area (Å²) >= 11 is 0. The molecule has 0 bridgehead atoms. The number of benzene rings is 1. The van der Waals surface area contributed by atoms with E-state index >= 15 is 0 Å². The smallest absolute Gasteiger partial charge is 0.165 e. The second-order valence-corrected chi connectivity index (χ2v) is 2.67. The Morgan fingerprint density at radius 3 is 2.86 bits per heavy atom. The number of hydrogen-bond donors (Lipinski definition) is 0. The first-order valence-corrected chi connectivity index (χ1v) is 4.20. The zero-order valence-electron chi connectivity index (χ0n) is 7.88. The van der Waals surface area contributed by atoms with Crippen molar-refractivity contribution in [1.29, 1.82) is 5.26 Å². The number of rotatable bonds is 3. The van der Waals surface area contributed by atoms with Gasteiger partial charge in [0.25, 0.3) is 0 Å². The van der Waals surface area contributed by atoms with Crippen molar-refractivity contribution in [3.63, 3.8) is 0 Å². The second kappa shape index (κ2) is 4.43. The number of halogens is 1. The summed E-state index contributed by atoms with van der Waals surface area (Å²) in [5.41, 5.74) is 0.723. The fourth-order valence-electron chi connectivity index (χ4n) is 1.03. The lowest BCUT2D eigenvalue weighted by atomic mass is 10.1. The van der Waals surface area contributed by atoms with Crippen LogP contribution in [0.2, 0.25) is 0 Å². The van der Waals surface area contributed by atoms with E-state index < -0.39 is 5.82 Å². The van der Waals surface area contributed by atoms with Crippen LogP contribution in [0.3, 0.4) is 0 Å². The maximum Gasteiger partial charge on any atom is 0.165 e. The molecule has 0 aromatic heterocycles. The van der Waals surface area contributed by atoms with Crippen molar-refractivity contribution in [1.82, 2.24) is 0 Å². The van der Waals surface area contributed by atoms with Crippen molar-refractivity contribution in [3.05, 3.63) is 36.2 Å². The fraction of sp³-hybridized carbons (Fsp3) is 0.182. The molecule has 72 valence electrons. The average molecular weight is 191 g/mol. The number of ether oxygens (including phenoxy) is 1. The molecule has 3 heteroatoms. The minimum Gasteiger partial charge on any atom is -0.491 e. The van der Waals surface area contributed by atoms with Crippen LogP contribution in [0.4, 0.5) is 4.39 Å². The molecule has 0 atom stereocenters. The molecule has 2 nitrogen and oxygen atoms in total. The first-order chi connectivity index (χ1) is 6.69. The Labute approximate surface area is 82.2 Å². The molecule has 0 radical (unpaired) electrons. The van der Waals surface area contributed by atoms with Gasteiger partial charge in [-0.05, 0) is 30.7 Å². The Morgan fingerprint density at radius 1 is 1.64 bits per heavy atom. The van der Waals surface area contributed by atoms with E-state index in [0.717, 1.165) is 0 Å². The zero-order valence-corrected chi connectivity index (χ0v) is 7.88. The number of nitriles is 1. The third kappa shape index (κ3) is 2.11. The second-order valence-electron chi connectivity index (χ2n) is 2.67. The van der Waals surface area contributed by atoms with Gasteiger partial charge < -0.3 is 4.74 Å². The largest absolute Gasteiger partial charge is 0.491 e. The molecule has 0 fully saturated rings. The highest BCUT2D eigenvalue weighted by Gasteiger charge is 2.05. The van der Waals surface area contributed by atoms with Crippen LogP contribution in [0.15, 0.2) is 24.8 Å². The van der Waals surface area contributed by atoms with Crippen molar-refractivity contribution in [3.8, 4) is 11.8 Å². The van der Waals surface area contributed by atoms with Crippen molar-refractivity contribution >= 4 is 5.57 Å². The highest BCUT2D eigenvalue weighted by Crippen LogP contribution is 2.21. The molecular weight excluding hydrogens is 181 g/mol.